The fraction of sp³-hybridized carbons (Fsp3) is 0.706. The first-order chi connectivity index (χ1) is 10.3. The van der Waals surface area contributed by atoms with Crippen molar-refractivity contribution in [2.24, 2.45) is 11.8 Å². The van der Waals surface area contributed by atoms with Crippen LogP contribution in [-0.2, 0) is 4.79 Å². The van der Waals surface area contributed by atoms with Crippen LogP contribution in [0.5, 0.6) is 0 Å². The van der Waals surface area contributed by atoms with Crippen LogP contribution in [0.4, 0.5) is 0 Å². The molecule has 1 saturated heterocycles. The third-order valence-electron chi connectivity index (χ3n) is 5.11. The van der Waals surface area contributed by atoms with Crippen LogP contribution < -0.4 is 5.32 Å². The second-order valence-electron chi connectivity index (χ2n) is 6.84. The number of rotatable bonds is 6. The second kappa shape index (κ2) is 5.40. The van der Waals surface area contributed by atoms with E-state index in [4.69, 9.17) is 0 Å². The number of hydrogen-bond acceptors (Lipinski definition) is 3. The van der Waals surface area contributed by atoms with Gasteiger partial charge in [0.15, 0.2) is 0 Å². The molecule has 0 bridgehead atoms. The first-order valence-corrected chi connectivity index (χ1v) is 9.29. The molecule has 114 valence electrons. The van der Waals surface area contributed by atoms with Crippen LogP contribution in [0, 0.1) is 11.8 Å². The molecule has 1 N–H and O–H groups in total. The topological polar surface area (TPSA) is 32.3 Å². The van der Waals surface area contributed by atoms with Gasteiger partial charge in [0.2, 0.25) is 5.91 Å². The molecule has 1 aromatic heterocycles. The van der Waals surface area contributed by atoms with Crippen LogP contribution in [0.3, 0.4) is 0 Å². The number of nitrogens with zero attached hydrogens (tertiary/aromatic N) is 1. The van der Waals surface area contributed by atoms with E-state index < -0.39 is 0 Å². The highest BCUT2D eigenvalue weighted by molar-refractivity contribution is 7.10. The minimum absolute atomic E-state index is 0.0297. The number of hydrogen-bond donors (Lipinski definition) is 1. The van der Waals surface area contributed by atoms with Gasteiger partial charge in [-0.25, -0.2) is 0 Å². The lowest BCUT2D eigenvalue weighted by Gasteiger charge is -2.33. The molecule has 3 nitrogen and oxygen atoms in total. The Labute approximate surface area is 130 Å². The third-order valence-corrected chi connectivity index (χ3v) is 6.04. The number of nitrogens with one attached hydrogen (secondary N) is 1. The molecule has 0 spiro atoms. The van der Waals surface area contributed by atoms with Crippen molar-refractivity contribution >= 4 is 17.2 Å². The largest absolute Gasteiger partial charge is 0.317 e. The molecular formula is C17H24N2OS. The lowest BCUT2D eigenvalue weighted by molar-refractivity contribution is -0.133. The van der Waals surface area contributed by atoms with E-state index in [2.05, 4.69) is 34.7 Å². The molecule has 2 unspecified atom stereocenters. The molecular weight excluding hydrogens is 280 g/mol. The zero-order valence-corrected chi connectivity index (χ0v) is 13.4. The van der Waals surface area contributed by atoms with Crippen LogP contribution >= 0.6 is 11.3 Å². The standard InChI is InChI=1S/C17H24N2OS/c1-2-4-13-17(20)19(15(11-6-7-11)12-8-9-12)16(18-13)14-5-3-10-21-14/h3,5,10-13,15-16,18H,2,4,6-9H2,1H3. The minimum Gasteiger partial charge on any atom is -0.317 e. The molecule has 2 atom stereocenters. The van der Waals surface area contributed by atoms with Crippen molar-refractivity contribution in [2.75, 3.05) is 0 Å². The van der Waals surface area contributed by atoms with Crippen LogP contribution in [0.25, 0.3) is 0 Å². The normalized spacial score (nSPS) is 29.6. The van der Waals surface area contributed by atoms with E-state index >= 15 is 0 Å². The smallest absolute Gasteiger partial charge is 0.241 e. The van der Waals surface area contributed by atoms with Crippen LogP contribution in [0.2, 0.25) is 0 Å². The maximum absolute atomic E-state index is 13.0. The lowest BCUT2D eigenvalue weighted by atomic mass is 10.0. The molecule has 2 heterocycles. The number of amides is 1. The highest BCUT2D eigenvalue weighted by atomic mass is 32.1. The van der Waals surface area contributed by atoms with Crippen LogP contribution in [0.15, 0.2) is 17.5 Å². The van der Waals surface area contributed by atoms with E-state index in [0.717, 1.165) is 24.7 Å². The zero-order valence-electron chi connectivity index (χ0n) is 12.6. The maximum atomic E-state index is 13.0. The summed E-state index contributed by atoms with van der Waals surface area (Å²) in [5, 5.41) is 5.75. The van der Waals surface area contributed by atoms with Gasteiger partial charge in [-0.15, -0.1) is 11.3 Å². The van der Waals surface area contributed by atoms with E-state index in [1.807, 2.05) is 0 Å². The van der Waals surface area contributed by atoms with Crippen molar-refractivity contribution in [2.45, 2.75) is 63.7 Å². The monoisotopic (exact) mass is 304 g/mol. The predicted molar refractivity (Wildman–Crippen MR) is 85.0 cm³/mol. The van der Waals surface area contributed by atoms with Gasteiger partial charge in [-0.3, -0.25) is 10.1 Å². The molecule has 1 amide bonds. The van der Waals surface area contributed by atoms with Gasteiger partial charge in [-0.1, -0.05) is 19.4 Å². The summed E-state index contributed by atoms with van der Waals surface area (Å²) in [6.07, 6.45) is 7.42. The van der Waals surface area contributed by atoms with Gasteiger partial charge in [0.1, 0.15) is 6.17 Å². The van der Waals surface area contributed by atoms with E-state index in [-0.39, 0.29) is 12.2 Å². The SMILES string of the molecule is CCCC1NC(c2cccs2)N(C(C2CC2)C2CC2)C1=O. The Balaban J connectivity index is 1.64. The minimum atomic E-state index is 0.0297. The molecule has 21 heavy (non-hydrogen) atoms. The summed E-state index contributed by atoms with van der Waals surface area (Å²) >= 11 is 1.77. The highest BCUT2D eigenvalue weighted by Gasteiger charge is 2.52. The van der Waals surface area contributed by atoms with Crippen LogP contribution in [0.1, 0.15) is 56.5 Å². The fourth-order valence-corrected chi connectivity index (χ4v) is 4.63. The van der Waals surface area contributed by atoms with Gasteiger partial charge < -0.3 is 4.90 Å². The van der Waals surface area contributed by atoms with E-state index in [0.29, 0.717) is 11.9 Å². The summed E-state index contributed by atoms with van der Waals surface area (Å²) in [5.41, 5.74) is 0. The Morgan fingerprint density at radius 3 is 2.57 bits per heavy atom. The van der Waals surface area contributed by atoms with Crippen molar-refractivity contribution < 1.29 is 4.79 Å². The molecule has 2 aliphatic carbocycles. The summed E-state index contributed by atoms with van der Waals surface area (Å²) in [6.45, 7) is 2.16. The first kappa shape index (κ1) is 13.8. The molecule has 4 rings (SSSR count). The molecule has 2 saturated carbocycles. The van der Waals surface area contributed by atoms with Crippen LogP contribution in [-0.4, -0.2) is 22.9 Å². The Morgan fingerprint density at radius 1 is 1.33 bits per heavy atom. The molecule has 0 radical (unpaired) electrons. The maximum Gasteiger partial charge on any atom is 0.241 e. The lowest BCUT2D eigenvalue weighted by Crippen LogP contribution is -2.42. The Morgan fingerprint density at radius 2 is 2.05 bits per heavy atom. The summed E-state index contributed by atoms with van der Waals surface area (Å²) in [4.78, 5) is 16.5. The Hall–Kier alpha value is -0.870. The molecule has 3 aliphatic rings. The third kappa shape index (κ3) is 2.53. The average molecular weight is 304 g/mol. The van der Waals surface area contributed by atoms with Crippen molar-refractivity contribution in [3.05, 3.63) is 22.4 Å². The molecule has 1 aliphatic heterocycles. The van der Waals surface area contributed by atoms with Crippen molar-refractivity contribution in [3.8, 4) is 0 Å². The Bertz CT molecular complexity index is 495. The van der Waals surface area contributed by atoms with Gasteiger partial charge in [0.05, 0.1) is 6.04 Å². The van der Waals surface area contributed by atoms with Gasteiger partial charge in [0.25, 0.3) is 0 Å². The molecule has 0 aromatic carbocycles. The fourth-order valence-electron chi connectivity index (χ4n) is 3.84. The summed E-state index contributed by atoms with van der Waals surface area (Å²) < 4.78 is 0. The summed E-state index contributed by atoms with van der Waals surface area (Å²) in [6, 6.07) is 4.80. The van der Waals surface area contributed by atoms with Crippen molar-refractivity contribution in [1.82, 2.24) is 10.2 Å². The van der Waals surface area contributed by atoms with Gasteiger partial charge in [-0.05, 0) is 55.4 Å². The van der Waals surface area contributed by atoms with Gasteiger partial charge in [0, 0.05) is 10.9 Å². The van der Waals surface area contributed by atoms with Crippen molar-refractivity contribution in [1.29, 1.82) is 0 Å². The number of carbonyl (C=O) groups is 1. The summed E-state index contributed by atoms with van der Waals surface area (Å²) in [7, 11) is 0. The molecule has 3 fully saturated rings. The number of thiophene rings is 1. The van der Waals surface area contributed by atoms with Crippen molar-refractivity contribution in [3.63, 3.8) is 0 Å². The predicted octanol–water partition coefficient (Wildman–Crippen LogP) is 3.54. The molecule has 1 aromatic rings. The molecule has 4 heteroatoms. The second-order valence-corrected chi connectivity index (χ2v) is 7.82. The van der Waals surface area contributed by atoms with E-state index in [1.165, 1.54) is 30.6 Å². The highest BCUT2D eigenvalue weighted by Crippen LogP contribution is 2.50. The summed E-state index contributed by atoms with van der Waals surface area (Å²) in [5.74, 6) is 1.90. The zero-order chi connectivity index (χ0) is 14.4. The quantitative estimate of drug-likeness (QED) is 0.872. The van der Waals surface area contributed by atoms with E-state index in [9.17, 15) is 4.79 Å². The average Bonchev–Trinajstić information content (AvgIpc) is 3.40. The van der Waals surface area contributed by atoms with E-state index in [1.54, 1.807) is 11.3 Å². The Kier molecular flexibility index (Phi) is 3.54. The number of carbonyl (C=O) groups excluding carboxylic acids is 1. The first-order valence-electron chi connectivity index (χ1n) is 8.41. The van der Waals surface area contributed by atoms with Gasteiger partial charge >= 0.3 is 0 Å². The van der Waals surface area contributed by atoms with Gasteiger partial charge in [-0.2, -0.15) is 0 Å².